The molecular formula is C17H16N4O2S. The largest absolute Gasteiger partial charge is 0.471 e. The maximum atomic E-state index is 12.6. The third kappa shape index (κ3) is 2.78. The lowest BCUT2D eigenvalue weighted by Crippen LogP contribution is -2.56. The van der Waals surface area contributed by atoms with Gasteiger partial charge in [0.2, 0.25) is 5.88 Å². The van der Waals surface area contributed by atoms with Crippen LogP contribution in [-0.4, -0.2) is 44.5 Å². The number of pyridine rings is 1. The lowest BCUT2D eigenvalue weighted by atomic mass is 10.1. The second kappa shape index (κ2) is 6.09. The number of aryl methyl sites for hydroxylation is 1. The first-order valence-electron chi connectivity index (χ1n) is 7.68. The quantitative estimate of drug-likeness (QED) is 0.732. The van der Waals surface area contributed by atoms with E-state index in [1.807, 2.05) is 54.2 Å². The highest BCUT2D eigenvalue weighted by Crippen LogP contribution is 2.26. The summed E-state index contributed by atoms with van der Waals surface area (Å²) < 4.78 is 7.65. The van der Waals surface area contributed by atoms with Crippen molar-refractivity contribution in [2.75, 3.05) is 13.1 Å². The van der Waals surface area contributed by atoms with Gasteiger partial charge in [0.15, 0.2) is 5.13 Å². The molecule has 0 spiro atoms. The van der Waals surface area contributed by atoms with E-state index < -0.39 is 0 Å². The lowest BCUT2D eigenvalue weighted by molar-refractivity contribution is 0.0163. The normalized spacial score (nSPS) is 14.5. The summed E-state index contributed by atoms with van der Waals surface area (Å²) in [6.07, 6.45) is 5.54. The zero-order valence-electron chi connectivity index (χ0n) is 13.1. The third-order valence-electron chi connectivity index (χ3n) is 3.87. The zero-order chi connectivity index (χ0) is 16.5. The molecule has 0 saturated carbocycles. The van der Waals surface area contributed by atoms with E-state index in [2.05, 4.69) is 9.97 Å². The number of aromatic nitrogens is 3. The standard InChI is InChI=1S/C17H16N4O2S/c1-12-15(24-17(19-12)20-8-4-5-9-20)16(22)21-10-13(11-21)23-14-6-2-3-7-18-14/h2-9,13H,10-11H2,1H3. The number of amides is 1. The fourth-order valence-electron chi connectivity index (χ4n) is 2.56. The molecule has 6 nitrogen and oxygen atoms in total. The Morgan fingerprint density at radius 2 is 2.04 bits per heavy atom. The van der Waals surface area contributed by atoms with Crippen LogP contribution in [0.5, 0.6) is 5.88 Å². The summed E-state index contributed by atoms with van der Waals surface area (Å²) in [5.41, 5.74) is 0.766. The third-order valence-corrected chi connectivity index (χ3v) is 5.02. The molecule has 1 fully saturated rings. The summed E-state index contributed by atoms with van der Waals surface area (Å²) >= 11 is 1.42. The minimum atomic E-state index is 0.000923. The van der Waals surface area contributed by atoms with Gasteiger partial charge in [-0.2, -0.15) is 0 Å². The average molecular weight is 340 g/mol. The molecule has 1 saturated heterocycles. The Morgan fingerprint density at radius 3 is 2.75 bits per heavy atom. The van der Waals surface area contributed by atoms with Crippen molar-refractivity contribution in [2.45, 2.75) is 13.0 Å². The van der Waals surface area contributed by atoms with Gasteiger partial charge in [0.1, 0.15) is 11.0 Å². The second-order valence-electron chi connectivity index (χ2n) is 5.62. The Morgan fingerprint density at radius 1 is 1.25 bits per heavy atom. The van der Waals surface area contributed by atoms with Gasteiger partial charge in [0.25, 0.3) is 5.91 Å². The molecule has 4 rings (SSSR count). The van der Waals surface area contributed by atoms with Crippen LogP contribution < -0.4 is 4.74 Å². The average Bonchev–Trinajstić information content (AvgIpc) is 3.20. The first kappa shape index (κ1) is 14.9. The van der Waals surface area contributed by atoms with E-state index in [1.54, 1.807) is 11.1 Å². The number of likely N-dealkylation sites (tertiary alicyclic amines) is 1. The van der Waals surface area contributed by atoms with Crippen LogP contribution in [0.4, 0.5) is 0 Å². The molecule has 0 unspecified atom stereocenters. The maximum Gasteiger partial charge on any atom is 0.266 e. The molecule has 7 heteroatoms. The van der Waals surface area contributed by atoms with E-state index in [9.17, 15) is 4.79 Å². The number of nitrogens with zero attached hydrogens (tertiary/aromatic N) is 4. The van der Waals surface area contributed by atoms with Crippen molar-refractivity contribution in [3.8, 4) is 11.0 Å². The summed E-state index contributed by atoms with van der Waals surface area (Å²) in [5.74, 6) is 0.614. The Hall–Kier alpha value is -2.67. The molecule has 122 valence electrons. The summed E-state index contributed by atoms with van der Waals surface area (Å²) in [4.78, 5) is 23.8. The van der Waals surface area contributed by atoms with Gasteiger partial charge in [0.05, 0.1) is 18.8 Å². The molecule has 0 aliphatic carbocycles. The molecule has 1 amide bonds. The van der Waals surface area contributed by atoms with Gasteiger partial charge >= 0.3 is 0 Å². The smallest absolute Gasteiger partial charge is 0.266 e. The van der Waals surface area contributed by atoms with E-state index in [4.69, 9.17) is 4.74 Å². The number of hydrogen-bond acceptors (Lipinski definition) is 5. The van der Waals surface area contributed by atoms with Gasteiger partial charge < -0.3 is 14.2 Å². The molecule has 0 radical (unpaired) electrons. The first-order chi connectivity index (χ1) is 11.7. The van der Waals surface area contributed by atoms with Crippen LogP contribution >= 0.6 is 11.3 Å². The minimum Gasteiger partial charge on any atom is -0.471 e. The van der Waals surface area contributed by atoms with Crippen LogP contribution in [0.15, 0.2) is 48.9 Å². The molecule has 3 aromatic heterocycles. The van der Waals surface area contributed by atoms with Crippen molar-refractivity contribution < 1.29 is 9.53 Å². The minimum absolute atomic E-state index is 0.000923. The van der Waals surface area contributed by atoms with Crippen molar-refractivity contribution >= 4 is 17.2 Å². The number of rotatable bonds is 4. The van der Waals surface area contributed by atoms with E-state index in [0.717, 1.165) is 10.8 Å². The molecule has 4 heterocycles. The van der Waals surface area contributed by atoms with Crippen molar-refractivity contribution in [3.63, 3.8) is 0 Å². The molecule has 3 aromatic rings. The topological polar surface area (TPSA) is 60.2 Å². The summed E-state index contributed by atoms with van der Waals surface area (Å²) in [6, 6.07) is 9.42. The number of thiazole rings is 1. The maximum absolute atomic E-state index is 12.6. The molecule has 0 bridgehead atoms. The van der Waals surface area contributed by atoms with Gasteiger partial charge in [-0.25, -0.2) is 9.97 Å². The van der Waals surface area contributed by atoms with E-state index in [0.29, 0.717) is 23.8 Å². The van der Waals surface area contributed by atoms with E-state index in [-0.39, 0.29) is 12.0 Å². The van der Waals surface area contributed by atoms with Crippen LogP contribution in [0.3, 0.4) is 0 Å². The predicted molar refractivity (Wildman–Crippen MR) is 90.7 cm³/mol. The number of carbonyl (C=O) groups excluding carboxylic acids is 1. The molecule has 24 heavy (non-hydrogen) atoms. The summed E-state index contributed by atoms with van der Waals surface area (Å²) in [7, 11) is 0. The molecular weight excluding hydrogens is 324 g/mol. The van der Waals surface area contributed by atoms with Gasteiger partial charge in [-0.05, 0) is 25.1 Å². The van der Waals surface area contributed by atoms with Gasteiger partial charge in [-0.1, -0.05) is 17.4 Å². The van der Waals surface area contributed by atoms with Crippen LogP contribution in [0.2, 0.25) is 0 Å². The van der Waals surface area contributed by atoms with Crippen LogP contribution in [0, 0.1) is 6.92 Å². The Bertz CT molecular complexity index is 839. The SMILES string of the molecule is Cc1nc(-n2cccc2)sc1C(=O)N1CC(Oc2ccccn2)C1. The summed E-state index contributed by atoms with van der Waals surface area (Å²) in [6.45, 7) is 3.02. The van der Waals surface area contributed by atoms with Crippen molar-refractivity contribution in [2.24, 2.45) is 0 Å². The Labute approximate surface area is 143 Å². The molecule has 1 aliphatic rings. The summed E-state index contributed by atoms with van der Waals surface area (Å²) in [5, 5.41) is 0.808. The van der Waals surface area contributed by atoms with Crippen molar-refractivity contribution in [1.82, 2.24) is 19.4 Å². The molecule has 0 atom stereocenters. The van der Waals surface area contributed by atoms with Crippen LogP contribution in [0.25, 0.3) is 5.13 Å². The van der Waals surface area contributed by atoms with Gasteiger partial charge in [-0.3, -0.25) is 4.79 Å². The second-order valence-corrected chi connectivity index (χ2v) is 6.60. The fraction of sp³-hybridized carbons (Fsp3) is 0.235. The highest BCUT2D eigenvalue weighted by atomic mass is 32.1. The number of carbonyl (C=O) groups is 1. The molecule has 0 aromatic carbocycles. The lowest BCUT2D eigenvalue weighted by Gasteiger charge is -2.38. The van der Waals surface area contributed by atoms with Crippen molar-refractivity contribution in [3.05, 3.63) is 59.5 Å². The zero-order valence-corrected chi connectivity index (χ0v) is 13.9. The number of ether oxygens (including phenoxy) is 1. The first-order valence-corrected chi connectivity index (χ1v) is 8.50. The monoisotopic (exact) mass is 340 g/mol. The van der Waals surface area contributed by atoms with Crippen LogP contribution in [-0.2, 0) is 0 Å². The van der Waals surface area contributed by atoms with Crippen LogP contribution in [0.1, 0.15) is 15.4 Å². The predicted octanol–water partition coefficient (Wildman–Crippen LogP) is 2.54. The highest BCUT2D eigenvalue weighted by Gasteiger charge is 2.34. The van der Waals surface area contributed by atoms with E-state index in [1.165, 1.54) is 11.3 Å². The van der Waals surface area contributed by atoms with Gasteiger partial charge in [-0.15, -0.1) is 0 Å². The molecule has 1 aliphatic heterocycles. The van der Waals surface area contributed by atoms with Gasteiger partial charge in [0, 0.05) is 24.7 Å². The van der Waals surface area contributed by atoms with Crippen molar-refractivity contribution in [1.29, 1.82) is 0 Å². The highest BCUT2D eigenvalue weighted by molar-refractivity contribution is 7.16. The Balaban J connectivity index is 1.41. The molecule has 0 N–H and O–H groups in total. The Kier molecular flexibility index (Phi) is 3.78. The fourth-order valence-corrected chi connectivity index (χ4v) is 3.56. The van der Waals surface area contributed by atoms with E-state index >= 15 is 0 Å². The number of hydrogen-bond donors (Lipinski definition) is 0.